The summed E-state index contributed by atoms with van der Waals surface area (Å²) in [6, 6.07) is 3.86. The molecule has 0 aliphatic carbocycles. The lowest BCUT2D eigenvalue weighted by atomic mass is 10.1. The number of aliphatic hydroxyl groups is 1. The van der Waals surface area contributed by atoms with Gasteiger partial charge in [0.15, 0.2) is 0 Å². The number of aliphatic hydroxyl groups excluding tert-OH is 1. The van der Waals surface area contributed by atoms with E-state index < -0.39 is 6.10 Å². The number of nitrogens with zero attached hydrogens (tertiary/aromatic N) is 2. The van der Waals surface area contributed by atoms with Crippen molar-refractivity contribution >= 4 is 22.9 Å². The van der Waals surface area contributed by atoms with Crippen LogP contribution in [0.15, 0.2) is 17.5 Å². The molecule has 0 saturated carbocycles. The van der Waals surface area contributed by atoms with Crippen LogP contribution in [0.4, 0.5) is 0 Å². The van der Waals surface area contributed by atoms with Crippen LogP contribution in [0.25, 0.3) is 0 Å². The van der Waals surface area contributed by atoms with Crippen molar-refractivity contribution in [1.82, 2.24) is 9.78 Å². The van der Waals surface area contributed by atoms with Gasteiger partial charge in [-0.1, -0.05) is 17.7 Å². The molecule has 2 heterocycles. The highest BCUT2D eigenvalue weighted by Crippen LogP contribution is 2.27. The van der Waals surface area contributed by atoms with Crippen molar-refractivity contribution in [2.75, 3.05) is 0 Å². The summed E-state index contributed by atoms with van der Waals surface area (Å²) in [5, 5.41) is 16.8. The maximum atomic E-state index is 10.0. The number of aromatic nitrogens is 2. The van der Waals surface area contributed by atoms with Gasteiger partial charge >= 0.3 is 0 Å². The van der Waals surface area contributed by atoms with Crippen molar-refractivity contribution in [3.05, 3.63) is 38.8 Å². The highest BCUT2D eigenvalue weighted by molar-refractivity contribution is 7.10. The second-order valence-corrected chi connectivity index (χ2v) is 5.05. The Morgan fingerprint density at radius 2 is 2.38 bits per heavy atom. The first kappa shape index (κ1) is 11.6. The lowest BCUT2D eigenvalue weighted by Crippen LogP contribution is -2.00. The Kier molecular flexibility index (Phi) is 3.33. The maximum absolute atomic E-state index is 10.0. The molecule has 0 aliphatic heterocycles. The fourth-order valence-electron chi connectivity index (χ4n) is 1.68. The van der Waals surface area contributed by atoms with Crippen molar-refractivity contribution < 1.29 is 5.11 Å². The van der Waals surface area contributed by atoms with Crippen LogP contribution in [0.5, 0.6) is 0 Å². The van der Waals surface area contributed by atoms with Crippen LogP contribution < -0.4 is 0 Å². The molecule has 1 unspecified atom stereocenters. The van der Waals surface area contributed by atoms with Crippen LogP contribution >= 0.6 is 22.9 Å². The Morgan fingerprint density at radius 3 is 2.88 bits per heavy atom. The van der Waals surface area contributed by atoms with Crippen molar-refractivity contribution in [3.8, 4) is 0 Å². The van der Waals surface area contributed by atoms with E-state index in [1.807, 2.05) is 24.4 Å². The fourth-order valence-corrected chi connectivity index (χ4v) is 2.64. The minimum absolute atomic E-state index is 0.500. The van der Waals surface area contributed by atoms with Gasteiger partial charge < -0.3 is 5.11 Å². The highest BCUT2D eigenvalue weighted by atomic mass is 35.5. The number of halogens is 1. The van der Waals surface area contributed by atoms with Gasteiger partial charge in [-0.2, -0.15) is 5.10 Å². The number of thiophene rings is 1. The van der Waals surface area contributed by atoms with E-state index in [-0.39, 0.29) is 0 Å². The maximum Gasteiger partial charge on any atom is 0.130 e. The molecule has 16 heavy (non-hydrogen) atoms. The fraction of sp³-hybridized carbons (Fsp3) is 0.364. The molecule has 0 fully saturated rings. The Hall–Kier alpha value is -0.840. The largest absolute Gasteiger partial charge is 0.387 e. The van der Waals surface area contributed by atoms with Gasteiger partial charge in [-0.15, -0.1) is 11.3 Å². The van der Waals surface area contributed by atoms with Crippen molar-refractivity contribution in [3.63, 3.8) is 0 Å². The average molecular weight is 257 g/mol. The molecule has 0 radical (unpaired) electrons. The summed E-state index contributed by atoms with van der Waals surface area (Å²) in [6.07, 6.45) is 0.0133. The van der Waals surface area contributed by atoms with Crippen LogP contribution in [0.2, 0.25) is 5.15 Å². The van der Waals surface area contributed by atoms with Gasteiger partial charge in [0.25, 0.3) is 0 Å². The molecule has 1 atom stereocenters. The van der Waals surface area contributed by atoms with Crippen molar-refractivity contribution in [1.29, 1.82) is 0 Å². The summed E-state index contributed by atoms with van der Waals surface area (Å²) in [5.41, 5.74) is 1.80. The summed E-state index contributed by atoms with van der Waals surface area (Å²) < 4.78 is 1.63. The first-order chi connectivity index (χ1) is 7.59. The predicted octanol–water partition coefficient (Wildman–Crippen LogP) is 2.72. The molecule has 0 saturated heterocycles. The standard InChI is InChI=1S/C11H13ClN2OS/c1-7-8(11(12)14(2)13-7)6-9(15)10-4-3-5-16-10/h3-5,9,15H,6H2,1-2H3. The number of hydrogen-bond acceptors (Lipinski definition) is 3. The Bertz CT molecular complexity index is 478. The van der Waals surface area contributed by atoms with Crippen LogP contribution in [0.3, 0.4) is 0 Å². The second-order valence-electron chi connectivity index (χ2n) is 3.71. The Morgan fingerprint density at radius 1 is 1.62 bits per heavy atom. The monoisotopic (exact) mass is 256 g/mol. The predicted molar refractivity (Wildman–Crippen MR) is 65.9 cm³/mol. The van der Waals surface area contributed by atoms with E-state index in [9.17, 15) is 5.11 Å². The molecule has 1 N–H and O–H groups in total. The number of aryl methyl sites for hydroxylation is 2. The smallest absolute Gasteiger partial charge is 0.130 e. The molecule has 0 spiro atoms. The third-order valence-electron chi connectivity index (χ3n) is 2.54. The van der Waals surface area contributed by atoms with Gasteiger partial charge in [-0.3, -0.25) is 4.68 Å². The van der Waals surface area contributed by atoms with Crippen molar-refractivity contribution in [2.45, 2.75) is 19.4 Å². The molecule has 2 aromatic heterocycles. The van der Waals surface area contributed by atoms with Crippen LogP contribution in [-0.2, 0) is 13.5 Å². The molecule has 0 aliphatic rings. The third kappa shape index (κ3) is 2.14. The lowest BCUT2D eigenvalue weighted by Gasteiger charge is -2.07. The SMILES string of the molecule is Cc1nn(C)c(Cl)c1CC(O)c1cccs1. The minimum Gasteiger partial charge on any atom is -0.387 e. The van der Waals surface area contributed by atoms with E-state index >= 15 is 0 Å². The Labute approximate surface area is 103 Å². The molecule has 2 aromatic rings. The summed E-state index contributed by atoms with van der Waals surface area (Å²) in [6.45, 7) is 1.91. The average Bonchev–Trinajstić information content (AvgIpc) is 2.83. The zero-order valence-electron chi connectivity index (χ0n) is 9.14. The number of hydrogen-bond donors (Lipinski definition) is 1. The van der Waals surface area contributed by atoms with E-state index in [0.717, 1.165) is 16.1 Å². The van der Waals surface area contributed by atoms with Gasteiger partial charge in [-0.25, -0.2) is 0 Å². The zero-order chi connectivity index (χ0) is 11.7. The Balaban J connectivity index is 2.21. The highest BCUT2D eigenvalue weighted by Gasteiger charge is 2.17. The summed E-state index contributed by atoms with van der Waals surface area (Å²) in [4.78, 5) is 0.958. The summed E-state index contributed by atoms with van der Waals surface area (Å²) >= 11 is 7.66. The lowest BCUT2D eigenvalue weighted by molar-refractivity contribution is 0.182. The van der Waals surface area contributed by atoms with Gasteiger partial charge in [0, 0.05) is 23.9 Å². The molecule has 2 rings (SSSR count). The molecule has 0 amide bonds. The van der Waals surface area contributed by atoms with E-state index in [0.29, 0.717) is 11.6 Å². The van der Waals surface area contributed by atoms with E-state index in [4.69, 9.17) is 11.6 Å². The molecule has 0 bridgehead atoms. The van der Waals surface area contributed by atoms with E-state index in [1.54, 1.807) is 23.1 Å². The van der Waals surface area contributed by atoms with Crippen LogP contribution in [-0.4, -0.2) is 14.9 Å². The molecular formula is C11H13ClN2OS. The van der Waals surface area contributed by atoms with Crippen molar-refractivity contribution in [2.24, 2.45) is 7.05 Å². The van der Waals surface area contributed by atoms with Gasteiger partial charge in [0.1, 0.15) is 5.15 Å². The minimum atomic E-state index is -0.500. The topological polar surface area (TPSA) is 38.0 Å². The first-order valence-electron chi connectivity index (χ1n) is 4.99. The zero-order valence-corrected chi connectivity index (χ0v) is 10.7. The van der Waals surface area contributed by atoms with Gasteiger partial charge in [0.2, 0.25) is 0 Å². The summed E-state index contributed by atoms with van der Waals surface area (Å²) in [5.74, 6) is 0. The molecule has 3 nitrogen and oxygen atoms in total. The molecular weight excluding hydrogens is 244 g/mol. The quantitative estimate of drug-likeness (QED) is 0.917. The van der Waals surface area contributed by atoms with Gasteiger partial charge in [-0.05, 0) is 18.4 Å². The van der Waals surface area contributed by atoms with Crippen LogP contribution in [0, 0.1) is 6.92 Å². The van der Waals surface area contributed by atoms with Gasteiger partial charge in [0.05, 0.1) is 11.8 Å². The molecule has 5 heteroatoms. The summed E-state index contributed by atoms with van der Waals surface area (Å²) in [7, 11) is 1.80. The second kappa shape index (κ2) is 4.57. The normalized spacial score (nSPS) is 13.0. The van der Waals surface area contributed by atoms with Crippen LogP contribution in [0.1, 0.15) is 22.2 Å². The first-order valence-corrected chi connectivity index (χ1v) is 6.24. The van der Waals surface area contributed by atoms with E-state index in [2.05, 4.69) is 5.10 Å². The van der Waals surface area contributed by atoms with E-state index in [1.165, 1.54) is 0 Å². The number of rotatable bonds is 3. The molecule has 0 aromatic carbocycles. The molecule has 86 valence electrons. The third-order valence-corrected chi connectivity index (χ3v) is 3.99.